The first kappa shape index (κ1) is 13.3. The molecule has 0 aromatic carbocycles. The van der Waals surface area contributed by atoms with E-state index in [1.807, 2.05) is 0 Å². The number of aliphatic carboxylic acids is 1. The zero-order valence-electron chi connectivity index (χ0n) is 10.9. The second kappa shape index (κ2) is 5.26. The standard InChI is InChI=1S/C13H22N2O3/c1-2-6-13(7-4-8-14-13)12(18)15-9-3-5-10(15)11(16)17/h10,14H,2-9H2,1H3,(H,16,17)/t10-,13?/m1/s1. The van der Waals surface area contributed by atoms with Crippen molar-refractivity contribution in [1.82, 2.24) is 10.2 Å². The maximum atomic E-state index is 12.7. The summed E-state index contributed by atoms with van der Waals surface area (Å²) in [4.78, 5) is 25.4. The van der Waals surface area contributed by atoms with Gasteiger partial charge in [-0.3, -0.25) is 4.79 Å². The smallest absolute Gasteiger partial charge is 0.326 e. The summed E-state index contributed by atoms with van der Waals surface area (Å²) in [5, 5.41) is 12.5. The van der Waals surface area contributed by atoms with E-state index in [1.54, 1.807) is 4.90 Å². The van der Waals surface area contributed by atoms with E-state index in [0.717, 1.165) is 38.6 Å². The lowest BCUT2D eigenvalue weighted by atomic mass is 9.90. The molecule has 0 spiro atoms. The lowest BCUT2D eigenvalue weighted by molar-refractivity contribution is -0.151. The molecule has 0 saturated carbocycles. The van der Waals surface area contributed by atoms with Gasteiger partial charge in [0.15, 0.2) is 0 Å². The van der Waals surface area contributed by atoms with Gasteiger partial charge in [0.25, 0.3) is 0 Å². The molecule has 2 atom stereocenters. The van der Waals surface area contributed by atoms with Gasteiger partial charge in [0.1, 0.15) is 6.04 Å². The molecule has 2 aliphatic heterocycles. The van der Waals surface area contributed by atoms with E-state index in [0.29, 0.717) is 13.0 Å². The van der Waals surface area contributed by atoms with Gasteiger partial charge in [0, 0.05) is 6.54 Å². The van der Waals surface area contributed by atoms with Crippen molar-refractivity contribution in [3.8, 4) is 0 Å². The molecule has 0 bridgehead atoms. The van der Waals surface area contributed by atoms with Crippen molar-refractivity contribution in [2.24, 2.45) is 0 Å². The molecule has 2 rings (SSSR count). The van der Waals surface area contributed by atoms with Gasteiger partial charge < -0.3 is 15.3 Å². The van der Waals surface area contributed by atoms with Crippen molar-refractivity contribution in [1.29, 1.82) is 0 Å². The summed E-state index contributed by atoms with van der Waals surface area (Å²) in [5.41, 5.74) is -0.493. The van der Waals surface area contributed by atoms with E-state index in [4.69, 9.17) is 0 Å². The van der Waals surface area contributed by atoms with Crippen LogP contribution >= 0.6 is 0 Å². The highest BCUT2D eigenvalue weighted by Gasteiger charge is 2.46. The summed E-state index contributed by atoms with van der Waals surface area (Å²) in [6.07, 6.45) is 4.95. The number of carbonyl (C=O) groups is 2. The summed E-state index contributed by atoms with van der Waals surface area (Å²) < 4.78 is 0. The molecule has 2 N–H and O–H groups in total. The number of carboxylic acid groups (broad SMARTS) is 1. The Bertz CT molecular complexity index is 337. The Kier molecular flexibility index (Phi) is 3.90. The summed E-state index contributed by atoms with van der Waals surface area (Å²) >= 11 is 0. The average Bonchev–Trinajstić information content (AvgIpc) is 2.97. The van der Waals surface area contributed by atoms with E-state index in [-0.39, 0.29) is 5.91 Å². The first-order valence-electron chi connectivity index (χ1n) is 6.89. The second-order valence-electron chi connectivity index (χ2n) is 5.36. The average molecular weight is 254 g/mol. The highest BCUT2D eigenvalue weighted by molar-refractivity contribution is 5.91. The maximum absolute atomic E-state index is 12.7. The molecule has 0 aliphatic carbocycles. The van der Waals surface area contributed by atoms with Crippen molar-refractivity contribution < 1.29 is 14.7 Å². The quantitative estimate of drug-likeness (QED) is 0.785. The fourth-order valence-electron chi connectivity index (χ4n) is 3.28. The number of rotatable bonds is 4. The molecule has 18 heavy (non-hydrogen) atoms. The van der Waals surface area contributed by atoms with Crippen molar-refractivity contribution in [2.45, 2.75) is 57.0 Å². The number of likely N-dealkylation sites (tertiary alicyclic amines) is 1. The van der Waals surface area contributed by atoms with Gasteiger partial charge in [-0.2, -0.15) is 0 Å². The van der Waals surface area contributed by atoms with Crippen LogP contribution in [0.5, 0.6) is 0 Å². The first-order chi connectivity index (χ1) is 8.60. The van der Waals surface area contributed by atoms with E-state index in [2.05, 4.69) is 12.2 Å². The van der Waals surface area contributed by atoms with E-state index in [9.17, 15) is 14.7 Å². The second-order valence-corrected chi connectivity index (χ2v) is 5.36. The zero-order chi connectivity index (χ0) is 13.2. The van der Waals surface area contributed by atoms with Gasteiger partial charge in [-0.1, -0.05) is 13.3 Å². The molecule has 5 heteroatoms. The topological polar surface area (TPSA) is 69.6 Å². The third-order valence-corrected chi connectivity index (χ3v) is 4.13. The van der Waals surface area contributed by atoms with Crippen molar-refractivity contribution >= 4 is 11.9 Å². The van der Waals surface area contributed by atoms with Crippen LogP contribution in [0.25, 0.3) is 0 Å². The molecule has 2 aliphatic rings. The van der Waals surface area contributed by atoms with E-state index in [1.165, 1.54) is 0 Å². The zero-order valence-corrected chi connectivity index (χ0v) is 10.9. The molecule has 2 saturated heterocycles. The summed E-state index contributed by atoms with van der Waals surface area (Å²) in [6.45, 7) is 3.51. The Balaban J connectivity index is 2.15. The summed E-state index contributed by atoms with van der Waals surface area (Å²) in [7, 11) is 0. The number of carbonyl (C=O) groups excluding carboxylic acids is 1. The fraction of sp³-hybridized carbons (Fsp3) is 0.846. The molecule has 102 valence electrons. The monoisotopic (exact) mass is 254 g/mol. The molecule has 0 aromatic rings. The largest absolute Gasteiger partial charge is 0.480 e. The Hall–Kier alpha value is -1.10. The van der Waals surface area contributed by atoms with Gasteiger partial charge >= 0.3 is 5.97 Å². The van der Waals surface area contributed by atoms with Crippen molar-refractivity contribution in [3.05, 3.63) is 0 Å². The van der Waals surface area contributed by atoms with E-state index >= 15 is 0 Å². The van der Waals surface area contributed by atoms with E-state index < -0.39 is 17.6 Å². The van der Waals surface area contributed by atoms with Gasteiger partial charge in [-0.25, -0.2) is 4.79 Å². The number of hydrogen-bond acceptors (Lipinski definition) is 3. The first-order valence-corrected chi connectivity index (χ1v) is 6.89. The van der Waals surface area contributed by atoms with Crippen LogP contribution in [-0.4, -0.2) is 46.6 Å². The predicted octanol–water partition coefficient (Wildman–Crippen LogP) is 0.984. The summed E-state index contributed by atoms with van der Waals surface area (Å²) in [6, 6.07) is -0.617. The molecule has 2 heterocycles. The molecule has 1 unspecified atom stereocenters. The number of nitrogens with zero attached hydrogens (tertiary/aromatic N) is 1. The highest BCUT2D eigenvalue weighted by atomic mass is 16.4. The van der Waals surface area contributed by atoms with Crippen LogP contribution in [0.1, 0.15) is 45.4 Å². The van der Waals surface area contributed by atoms with Crippen LogP contribution < -0.4 is 5.32 Å². The SMILES string of the molecule is CCCC1(C(=O)N2CCC[C@@H]2C(=O)O)CCCN1. The Morgan fingerprint density at radius 3 is 2.78 bits per heavy atom. The van der Waals surface area contributed by atoms with Gasteiger partial charge in [0.05, 0.1) is 5.54 Å². The van der Waals surface area contributed by atoms with Gasteiger partial charge in [-0.05, 0) is 38.6 Å². The normalized spacial score (nSPS) is 31.8. The van der Waals surface area contributed by atoms with Crippen LogP contribution in [0.15, 0.2) is 0 Å². The third-order valence-electron chi connectivity index (χ3n) is 4.13. The fourth-order valence-corrected chi connectivity index (χ4v) is 3.28. The highest BCUT2D eigenvalue weighted by Crippen LogP contribution is 2.30. The van der Waals surface area contributed by atoms with Crippen LogP contribution in [0.2, 0.25) is 0 Å². The summed E-state index contributed by atoms with van der Waals surface area (Å²) in [5.74, 6) is -0.864. The molecule has 2 fully saturated rings. The Labute approximate surface area is 108 Å². The molecule has 0 aromatic heterocycles. The minimum atomic E-state index is -0.870. The lowest BCUT2D eigenvalue weighted by Crippen LogP contribution is -2.57. The number of nitrogens with one attached hydrogen (secondary N) is 1. The number of amides is 1. The van der Waals surface area contributed by atoms with Gasteiger partial charge in [-0.15, -0.1) is 0 Å². The molecular weight excluding hydrogens is 232 g/mol. The number of carboxylic acids is 1. The minimum Gasteiger partial charge on any atom is -0.480 e. The molecule has 0 radical (unpaired) electrons. The van der Waals surface area contributed by atoms with Crippen LogP contribution in [0.4, 0.5) is 0 Å². The van der Waals surface area contributed by atoms with Crippen LogP contribution in [0, 0.1) is 0 Å². The number of hydrogen-bond donors (Lipinski definition) is 2. The maximum Gasteiger partial charge on any atom is 0.326 e. The minimum absolute atomic E-state index is 0.00625. The van der Waals surface area contributed by atoms with Gasteiger partial charge in [0.2, 0.25) is 5.91 Å². The van der Waals surface area contributed by atoms with Crippen LogP contribution in [0.3, 0.4) is 0 Å². The Morgan fingerprint density at radius 2 is 2.22 bits per heavy atom. The third kappa shape index (κ3) is 2.23. The van der Waals surface area contributed by atoms with Crippen molar-refractivity contribution in [3.63, 3.8) is 0 Å². The predicted molar refractivity (Wildman–Crippen MR) is 67.2 cm³/mol. The van der Waals surface area contributed by atoms with Crippen molar-refractivity contribution in [2.75, 3.05) is 13.1 Å². The van der Waals surface area contributed by atoms with Crippen LogP contribution in [-0.2, 0) is 9.59 Å². The molecular formula is C13H22N2O3. The lowest BCUT2D eigenvalue weighted by Gasteiger charge is -2.34. The molecule has 1 amide bonds. The Morgan fingerprint density at radius 1 is 1.44 bits per heavy atom. The molecule has 5 nitrogen and oxygen atoms in total.